The van der Waals surface area contributed by atoms with Crippen LogP contribution in [-0.4, -0.2) is 41.4 Å². The van der Waals surface area contributed by atoms with Gasteiger partial charge in [0.25, 0.3) is 0 Å². The number of carbonyl (C=O) groups is 2. The average molecular weight is 257 g/mol. The number of nitrogens with one attached hydrogen (secondary N) is 2. The van der Waals surface area contributed by atoms with Crippen LogP contribution < -0.4 is 5.32 Å². The number of hydrogen-bond donors (Lipinski definition) is 3. The second kappa shape index (κ2) is 9.44. The number of nitrogens with zero attached hydrogens (tertiary/aromatic N) is 1. The number of hydrogen-bond acceptors (Lipinski definition) is 3. The summed E-state index contributed by atoms with van der Waals surface area (Å²) < 4.78 is 0. The molecule has 18 heavy (non-hydrogen) atoms. The first-order valence-electron chi connectivity index (χ1n) is 6.31. The molecule has 104 valence electrons. The SMILES string of the molecule is CCCCCCCC(=O)N(CC(=O)O)C(=N)NC. The van der Waals surface area contributed by atoms with E-state index in [0.717, 1.165) is 37.0 Å². The van der Waals surface area contributed by atoms with E-state index in [2.05, 4.69) is 12.2 Å². The molecule has 0 radical (unpaired) electrons. The number of aliphatic carboxylic acids is 1. The number of amides is 1. The van der Waals surface area contributed by atoms with Crippen LogP contribution in [-0.2, 0) is 9.59 Å². The van der Waals surface area contributed by atoms with E-state index >= 15 is 0 Å². The van der Waals surface area contributed by atoms with Gasteiger partial charge in [-0.15, -0.1) is 0 Å². The van der Waals surface area contributed by atoms with Crippen molar-refractivity contribution < 1.29 is 14.7 Å². The van der Waals surface area contributed by atoms with Crippen LogP contribution in [0.5, 0.6) is 0 Å². The molecule has 0 aromatic heterocycles. The lowest BCUT2D eigenvalue weighted by molar-refractivity contribution is -0.141. The number of carboxylic acid groups (broad SMARTS) is 1. The van der Waals surface area contributed by atoms with Gasteiger partial charge in [0.05, 0.1) is 0 Å². The molecule has 6 heteroatoms. The highest BCUT2D eigenvalue weighted by Gasteiger charge is 2.19. The van der Waals surface area contributed by atoms with E-state index in [4.69, 9.17) is 10.5 Å². The smallest absolute Gasteiger partial charge is 0.323 e. The zero-order valence-corrected chi connectivity index (χ0v) is 11.2. The van der Waals surface area contributed by atoms with E-state index in [9.17, 15) is 9.59 Å². The molecule has 0 saturated heterocycles. The van der Waals surface area contributed by atoms with Crippen molar-refractivity contribution in [3.63, 3.8) is 0 Å². The molecule has 0 aliphatic carbocycles. The minimum Gasteiger partial charge on any atom is -0.480 e. The molecule has 3 N–H and O–H groups in total. The molecule has 1 amide bonds. The monoisotopic (exact) mass is 257 g/mol. The topological polar surface area (TPSA) is 93.5 Å². The summed E-state index contributed by atoms with van der Waals surface area (Å²) in [5.74, 6) is -1.60. The quantitative estimate of drug-likeness (QED) is 0.348. The molecule has 0 rings (SSSR count). The van der Waals surface area contributed by atoms with E-state index in [0.29, 0.717) is 6.42 Å². The minimum absolute atomic E-state index is 0.170. The van der Waals surface area contributed by atoms with E-state index in [1.807, 2.05) is 0 Å². The van der Waals surface area contributed by atoms with Crippen molar-refractivity contribution >= 4 is 17.8 Å². The third-order valence-electron chi connectivity index (χ3n) is 2.60. The van der Waals surface area contributed by atoms with Gasteiger partial charge in [-0.3, -0.25) is 19.9 Å². The molecule has 0 aromatic rings. The van der Waals surface area contributed by atoms with Gasteiger partial charge in [0, 0.05) is 13.5 Å². The van der Waals surface area contributed by atoms with Crippen LogP contribution in [0, 0.1) is 5.41 Å². The lowest BCUT2D eigenvalue weighted by Gasteiger charge is -2.20. The Morgan fingerprint density at radius 2 is 1.83 bits per heavy atom. The largest absolute Gasteiger partial charge is 0.480 e. The maximum absolute atomic E-state index is 11.8. The highest BCUT2D eigenvalue weighted by Crippen LogP contribution is 2.07. The van der Waals surface area contributed by atoms with Gasteiger partial charge in [-0.1, -0.05) is 32.6 Å². The zero-order chi connectivity index (χ0) is 14.0. The molecule has 0 aliphatic heterocycles. The van der Waals surface area contributed by atoms with Crippen molar-refractivity contribution in [3.05, 3.63) is 0 Å². The maximum Gasteiger partial charge on any atom is 0.323 e. The van der Waals surface area contributed by atoms with Gasteiger partial charge in [0.1, 0.15) is 6.54 Å². The van der Waals surface area contributed by atoms with E-state index in [-0.39, 0.29) is 11.9 Å². The summed E-state index contributed by atoms with van der Waals surface area (Å²) in [5, 5.41) is 18.7. The molecule has 0 aliphatic rings. The fourth-order valence-electron chi connectivity index (χ4n) is 1.58. The van der Waals surface area contributed by atoms with E-state index < -0.39 is 12.5 Å². The first-order valence-corrected chi connectivity index (χ1v) is 6.31. The Bertz CT molecular complexity index is 292. The standard InChI is InChI=1S/C12H23N3O3/c1-3-4-5-6-7-8-10(16)15(9-11(17)18)12(13)14-2/h3-9H2,1-2H3,(H2,13,14)(H,17,18). The molecular formula is C12H23N3O3. The van der Waals surface area contributed by atoms with Crippen molar-refractivity contribution in [1.82, 2.24) is 10.2 Å². The molecule has 0 saturated carbocycles. The molecule has 0 fully saturated rings. The first kappa shape index (κ1) is 16.4. The highest BCUT2D eigenvalue weighted by atomic mass is 16.4. The van der Waals surface area contributed by atoms with Crippen LogP contribution >= 0.6 is 0 Å². The Balaban J connectivity index is 4.13. The van der Waals surface area contributed by atoms with Crippen molar-refractivity contribution in [2.45, 2.75) is 45.4 Å². The zero-order valence-electron chi connectivity index (χ0n) is 11.2. The number of rotatable bonds is 8. The second-order valence-corrected chi connectivity index (χ2v) is 4.14. The molecule has 0 heterocycles. The Hall–Kier alpha value is -1.59. The van der Waals surface area contributed by atoms with Gasteiger partial charge in [0.15, 0.2) is 5.96 Å². The predicted octanol–water partition coefficient (Wildman–Crippen LogP) is 1.41. The second-order valence-electron chi connectivity index (χ2n) is 4.14. The minimum atomic E-state index is -1.12. The van der Waals surface area contributed by atoms with E-state index in [1.165, 1.54) is 7.05 Å². The van der Waals surface area contributed by atoms with Crippen LogP contribution in [0.25, 0.3) is 0 Å². The van der Waals surface area contributed by atoms with Crippen LogP contribution in [0.3, 0.4) is 0 Å². The molecule has 6 nitrogen and oxygen atoms in total. The lowest BCUT2D eigenvalue weighted by atomic mass is 10.1. The Kier molecular flexibility index (Phi) is 8.61. The van der Waals surface area contributed by atoms with Gasteiger partial charge < -0.3 is 10.4 Å². The molecule has 0 unspecified atom stereocenters. The fourth-order valence-corrected chi connectivity index (χ4v) is 1.58. The summed E-state index contributed by atoms with van der Waals surface area (Å²) in [6.07, 6.45) is 5.38. The van der Waals surface area contributed by atoms with E-state index in [1.54, 1.807) is 0 Å². The third kappa shape index (κ3) is 6.88. The highest BCUT2D eigenvalue weighted by molar-refractivity contribution is 5.98. The molecule has 0 spiro atoms. The Morgan fingerprint density at radius 3 is 2.33 bits per heavy atom. The molecular weight excluding hydrogens is 234 g/mol. The summed E-state index contributed by atoms with van der Waals surface area (Å²) in [6, 6.07) is 0. The first-order chi connectivity index (χ1) is 8.52. The summed E-state index contributed by atoms with van der Waals surface area (Å²) in [4.78, 5) is 23.4. The van der Waals surface area contributed by atoms with Gasteiger partial charge in [-0.25, -0.2) is 0 Å². The number of guanidine groups is 1. The third-order valence-corrected chi connectivity index (χ3v) is 2.60. The Labute approximate surface area is 108 Å². The summed E-state index contributed by atoms with van der Waals surface area (Å²) in [7, 11) is 1.49. The summed E-state index contributed by atoms with van der Waals surface area (Å²) >= 11 is 0. The maximum atomic E-state index is 11.8. The van der Waals surface area contributed by atoms with Crippen molar-refractivity contribution in [3.8, 4) is 0 Å². The number of unbranched alkanes of at least 4 members (excludes halogenated alkanes) is 4. The number of carboxylic acids is 1. The lowest BCUT2D eigenvalue weighted by Crippen LogP contribution is -2.45. The van der Waals surface area contributed by atoms with Crippen molar-refractivity contribution in [2.75, 3.05) is 13.6 Å². The predicted molar refractivity (Wildman–Crippen MR) is 69.5 cm³/mol. The molecule has 0 atom stereocenters. The summed E-state index contributed by atoms with van der Waals surface area (Å²) in [5.41, 5.74) is 0. The van der Waals surface area contributed by atoms with Crippen LogP contribution in [0.4, 0.5) is 0 Å². The fraction of sp³-hybridized carbons (Fsp3) is 0.750. The van der Waals surface area contributed by atoms with Gasteiger partial charge in [0.2, 0.25) is 5.91 Å². The molecule has 0 bridgehead atoms. The van der Waals surface area contributed by atoms with Crippen molar-refractivity contribution in [1.29, 1.82) is 5.41 Å². The van der Waals surface area contributed by atoms with Crippen LogP contribution in [0.2, 0.25) is 0 Å². The van der Waals surface area contributed by atoms with Gasteiger partial charge in [-0.2, -0.15) is 0 Å². The van der Waals surface area contributed by atoms with Crippen LogP contribution in [0.1, 0.15) is 45.4 Å². The average Bonchev–Trinajstić information content (AvgIpc) is 2.34. The summed E-state index contributed by atoms with van der Waals surface area (Å²) in [6.45, 7) is 1.65. The molecule has 0 aromatic carbocycles. The Morgan fingerprint density at radius 1 is 1.22 bits per heavy atom. The van der Waals surface area contributed by atoms with Gasteiger partial charge in [-0.05, 0) is 6.42 Å². The normalized spacial score (nSPS) is 9.89. The number of carbonyl (C=O) groups excluding carboxylic acids is 1. The van der Waals surface area contributed by atoms with Gasteiger partial charge >= 0.3 is 5.97 Å². The van der Waals surface area contributed by atoms with Crippen LogP contribution in [0.15, 0.2) is 0 Å². The van der Waals surface area contributed by atoms with Crippen molar-refractivity contribution in [2.24, 2.45) is 0 Å².